The number of fused-ring (bicyclic) bond motifs is 1. The minimum absolute atomic E-state index is 0.0352. The van der Waals surface area contributed by atoms with Crippen LogP contribution in [0.2, 0.25) is 0 Å². The van der Waals surface area contributed by atoms with E-state index in [4.69, 9.17) is 0 Å². The number of nitrogens with zero attached hydrogens (tertiary/aromatic N) is 2. The average molecular weight is 279 g/mol. The molecule has 5 nitrogen and oxygen atoms in total. The minimum atomic E-state index is -0.0352. The fourth-order valence-corrected chi connectivity index (χ4v) is 1.96. The van der Waals surface area contributed by atoms with Crippen LogP contribution in [0.5, 0.6) is 11.5 Å². The van der Waals surface area contributed by atoms with Crippen LogP contribution in [0.4, 0.5) is 5.82 Å². The molecule has 21 heavy (non-hydrogen) atoms. The topological polar surface area (TPSA) is 77.7 Å². The number of benzene rings is 2. The molecule has 1 aromatic heterocycles. The summed E-state index contributed by atoms with van der Waals surface area (Å²) in [6, 6.07) is 16.0. The molecule has 0 spiro atoms. The van der Waals surface area contributed by atoms with Gasteiger partial charge in [-0.15, -0.1) is 0 Å². The monoisotopic (exact) mass is 279 g/mol. The molecule has 2 aromatic carbocycles. The molecule has 0 amide bonds. The molecule has 104 valence electrons. The number of phenols is 2. The summed E-state index contributed by atoms with van der Waals surface area (Å²) >= 11 is 0. The van der Waals surface area contributed by atoms with Crippen LogP contribution in [-0.2, 0) is 0 Å². The van der Waals surface area contributed by atoms with E-state index in [1.807, 2.05) is 36.4 Å². The molecular formula is C16H13N3O2. The maximum atomic E-state index is 9.64. The van der Waals surface area contributed by atoms with Gasteiger partial charge in [-0.2, -0.15) is 5.10 Å². The maximum absolute atomic E-state index is 9.64. The van der Waals surface area contributed by atoms with E-state index in [2.05, 4.69) is 15.5 Å². The Hall–Kier alpha value is -3.08. The van der Waals surface area contributed by atoms with E-state index in [0.717, 1.165) is 10.9 Å². The van der Waals surface area contributed by atoms with E-state index in [1.54, 1.807) is 6.07 Å². The number of anilines is 1. The molecule has 0 saturated carbocycles. The van der Waals surface area contributed by atoms with Crippen molar-refractivity contribution < 1.29 is 10.2 Å². The number of hydrogen-bond acceptors (Lipinski definition) is 5. The van der Waals surface area contributed by atoms with Crippen LogP contribution in [0.15, 0.2) is 59.7 Å². The first-order chi connectivity index (χ1) is 10.2. The second-order valence-electron chi connectivity index (χ2n) is 4.47. The van der Waals surface area contributed by atoms with E-state index in [9.17, 15) is 10.2 Å². The lowest BCUT2D eigenvalue weighted by Gasteiger charge is -2.03. The normalized spacial score (nSPS) is 11.0. The van der Waals surface area contributed by atoms with Crippen molar-refractivity contribution in [2.24, 2.45) is 5.10 Å². The lowest BCUT2D eigenvalue weighted by atomic mass is 10.2. The Morgan fingerprint density at radius 3 is 2.48 bits per heavy atom. The summed E-state index contributed by atoms with van der Waals surface area (Å²) in [4.78, 5) is 4.40. The second kappa shape index (κ2) is 5.50. The van der Waals surface area contributed by atoms with E-state index < -0.39 is 0 Å². The third-order valence-electron chi connectivity index (χ3n) is 3.03. The van der Waals surface area contributed by atoms with E-state index in [-0.39, 0.29) is 17.1 Å². The molecule has 1 heterocycles. The summed E-state index contributed by atoms with van der Waals surface area (Å²) in [5, 5.41) is 24.3. The molecule has 0 fully saturated rings. The molecule has 0 aliphatic carbocycles. The molecule has 0 aliphatic heterocycles. The Morgan fingerprint density at radius 1 is 0.905 bits per heavy atom. The quantitative estimate of drug-likeness (QED) is 0.508. The number of nitrogens with one attached hydrogen (secondary N) is 1. The Balaban J connectivity index is 1.81. The Kier molecular flexibility index (Phi) is 3.39. The van der Waals surface area contributed by atoms with Crippen molar-refractivity contribution in [2.75, 3.05) is 5.43 Å². The van der Waals surface area contributed by atoms with Gasteiger partial charge in [0.25, 0.3) is 0 Å². The fraction of sp³-hybridized carbons (Fsp3) is 0. The summed E-state index contributed by atoms with van der Waals surface area (Å²) in [6.07, 6.45) is 1.35. The van der Waals surface area contributed by atoms with Crippen LogP contribution >= 0.6 is 0 Å². The van der Waals surface area contributed by atoms with Crippen molar-refractivity contribution in [3.8, 4) is 11.5 Å². The SMILES string of the molecule is Oc1cccc(O)c1C=NNc1ccc2ccccc2n1. The summed E-state index contributed by atoms with van der Waals surface area (Å²) in [5.74, 6) is 0.513. The van der Waals surface area contributed by atoms with Crippen LogP contribution in [-0.4, -0.2) is 21.4 Å². The number of hydrazone groups is 1. The molecule has 5 heteroatoms. The highest BCUT2D eigenvalue weighted by atomic mass is 16.3. The summed E-state index contributed by atoms with van der Waals surface area (Å²) < 4.78 is 0. The molecule has 0 aliphatic rings. The van der Waals surface area contributed by atoms with Crippen molar-refractivity contribution in [1.29, 1.82) is 0 Å². The van der Waals surface area contributed by atoms with Crippen molar-refractivity contribution in [1.82, 2.24) is 4.98 Å². The summed E-state index contributed by atoms with van der Waals surface area (Å²) in [5.41, 5.74) is 3.90. The van der Waals surface area contributed by atoms with Gasteiger partial charge in [0.15, 0.2) is 0 Å². The van der Waals surface area contributed by atoms with E-state index in [0.29, 0.717) is 5.82 Å². The van der Waals surface area contributed by atoms with Crippen LogP contribution in [0.25, 0.3) is 10.9 Å². The zero-order chi connectivity index (χ0) is 14.7. The van der Waals surface area contributed by atoms with Crippen molar-refractivity contribution >= 4 is 22.9 Å². The smallest absolute Gasteiger partial charge is 0.146 e. The zero-order valence-electron chi connectivity index (χ0n) is 11.1. The third kappa shape index (κ3) is 2.76. The molecule has 3 rings (SSSR count). The van der Waals surface area contributed by atoms with Crippen molar-refractivity contribution in [2.45, 2.75) is 0 Å². The molecule has 0 unspecified atom stereocenters. The predicted molar refractivity (Wildman–Crippen MR) is 82.7 cm³/mol. The zero-order valence-corrected chi connectivity index (χ0v) is 11.1. The first kappa shape index (κ1) is 12.9. The van der Waals surface area contributed by atoms with Gasteiger partial charge in [-0.1, -0.05) is 24.3 Å². The number of aromatic nitrogens is 1. The molecule has 3 N–H and O–H groups in total. The summed E-state index contributed by atoms with van der Waals surface area (Å²) in [6.45, 7) is 0. The lowest BCUT2D eigenvalue weighted by Crippen LogP contribution is -1.94. The molecule has 0 radical (unpaired) electrons. The highest BCUT2D eigenvalue weighted by Gasteiger charge is 2.03. The van der Waals surface area contributed by atoms with Gasteiger partial charge in [0.2, 0.25) is 0 Å². The standard InChI is InChI=1S/C16H13N3O2/c20-14-6-3-7-15(21)12(14)10-17-19-16-9-8-11-4-1-2-5-13(11)18-16/h1-10,20-21H,(H,18,19). The van der Waals surface area contributed by atoms with Crippen LogP contribution < -0.4 is 5.43 Å². The number of hydrogen-bond donors (Lipinski definition) is 3. The van der Waals surface area contributed by atoms with Crippen molar-refractivity contribution in [3.63, 3.8) is 0 Å². The van der Waals surface area contributed by atoms with Gasteiger partial charge in [-0.05, 0) is 30.3 Å². The number of phenolic OH excluding ortho intramolecular Hbond substituents is 2. The molecule has 3 aromatic rings. The number of rotatable bonds is 3. The van der Waals surface area contributed by atoms with Gasteiger partial charge in [-0.25, -0.2) is 4.98 Å². The third-order valence-corrected chi connectivity index (χ3v) is 3.03. The Bertz CT molecular complexity index is 795. The first-order valence-electron chi connectivity index (χ1n) is 6.40. The fourth-order valence-electron chi connectivity index (χ4n) is 1.96. The van der Waals surface area contributed by atoms with Gasteiger partial charge in [-0.3, -0.25) is 5.43 Å². The molecule has 0 bridgehead atoms. The first-order valence-corrected chi connectivity index (χ1v) is 6.40. The van der Waals surface area contributed by atoms with Gasteiger partial charge in [0, 0.05) is 5.39 Å². The second-order valence-corrected chi connectivity index (χ2v) is 4.47. The molecule has 0 atom stereocenters. The van der Waals surface area contributed by atoms with Gasteiger partial charge in [0.1, 0.15) is 17.3 Å². The average Bonchev–Trinajstić information content (AvgIpc) is 2.50. The maximum Gasteiger partial charge on any atom is 0.146 e. The summed E-state index contributed by atoms with van der Waals surface area (Å²) in [7, 11) is 0. The van der Waals surface area contributed by atoms with E-state index in [1.165, 1.54) is 18.3 Å². The largest absolute Gasteiger partial charge is 0.507 e. The Labute approximate surface area is 121 Å². The van der Waals surface area contributed by atoms with Crippen LogP contribution in [0.3, 0.4) is 0 Å². The van der Waals surface area contributed by atoms with Gasteiger partial charge in [0.05, 0.1) is 17.3 Å². The Morgan fingerprint density at radius 2 is 1.67 bits per heavy atom. The van der Waals surface area contributed by atoms with Gasteiger partial charge < -0.3 is 10.2 Å². The predicted octanol–water partition coefficient (Wildman–Crippen LogP) is 3.09. The molecular weight excluding hydrogens is 266 g/mol. The highest BCUT2D eigenvalue weighted by molar-refractivity contribution is 5.87. The lowest BCUT2D eigenvalue weighted by molar-refractivity contribution is 0.449. The number of aromatic hydroxyl groups is 2. The number of pyridine rings is 1. The highest BCUT2D eigenvalue weighted by Crippen LogP contribution is 2.24. The van der Waals surface area contributed by atoms with Gasteiger partial charge >= 0.3 is 0 Å². The van der Waals surface area contributed by atoms with Crippen LogP contribution in [0, 0.1) is 0 Å². The van der Waals surface area contributed by atoms with Crippen LogP contribution in [0.1, 0.15) is 5.56 Å². The number of para-hydroxylation sites is 1. The van der Waals surface area contributed by atoms with E-state index >= 15 is 0 Å². The van der Waals surface area contributed by atoms with Crippen molar-refractivity contribution in [3.05, 3.63) is 60.2 Å². The minimum Gasteiger partial charge on any atom is -0.507 e. The molecule has 0 saturated heterocycles.